The molecule has 1 atom stereocenters. The molecule has 0 fully saturated rings. The third-order valence-corrected chi connectivity index (χ3v) is 5.35. The Morgan fingerprint density at radius 3 is 2.48 bits per heavy atom. The number of rotatable bonds is 8. The standard InChI is InChI=1S/C15H23NO6S/c1-20-6-7-23(18,19)16-10-15(17)5-4-11-8-13(21-2)14(22-3)9-12(11)15/h8-9,16-17H,4-7,10H2,1-3H3. The summed E-state index contributed by atoms with van der Waals surface area (Å²) in [5, 5.41) is 10.9. The lowest BCUT2D eigenvalue weighted by atomic mass is 9.96. The number of hydrogen-bond acceptors (Lipinski definition) is 6. The summed E-state index contributed by atoms with van der Waals surface area (Å²) in [6, 6.07) is 3.54. The lowest BCUT2D eigenvalue weighted by molar-refractivity contribution is 0.0439. The maximum atomic E-state index is 11.9. The van der Waals surface area contributed by atoms with Gasteiger partial charge in [-0.05, 0) is 36.1 Å². The van der Waals surface area contributed by atoms with E-state index in [4.69, 9.17) is 14.2 Å². The molecule has 0 aromatic heterocycles. The topological polar surface area (TPSA) is 94.1 Å². The first kappa shape index (κ1) is 18.0. The van der Waals surface area contributed by atoms with Gasteiger partial charge in [0.1, 0.15) is 5.60 Å². The molecule has 2 rings (SSSR count). The quantitative estimate of drug-likeness (QED) is 0.708. The number of hydrogen-bond donors (Lipinski definition) is 2. The van der Waals surface area contributed by atoms with Gasteiger partial charge < -0.3 is 19.3 Å². The molecule has 8 heteroatoms. The fraction of sp³-hybridized carbons (Fsp3) is 0.600. The summed E-state index contributed by atoms with van der Waals surface area (Å²) < 4.78 is 41.5. The zero-order valence-electron chi connectivity index (χ0n) is 13.6. The van der Waals surface area contributed by atoms with Crippen LogP contribution in [0.1, 0.15) is 17.5 Å². The van der Waals surface area contributed by atoms with Crippen molar-refractivity contribution < 1.29 is 27.7 Å². The number of sulfonamides is 1. The van der Waals surface area contributed by atoms with E-state index in [9.17, 15) is 13.5 Å². The SMILES string of the molecule is COCCS(=O)(=O)NCC1(O)CCc2cc(OC)c(OC)cc21. The Morgan fingerprint density at radius 1 is 1.22 bits per heavy atom. The van der Waals surface area contributed by atoms with Crippen LogP contribution in [0.5, 0.6) is 11.5 Å². The van der Waals surface area contributed by atoms with Crippen LogP contribution >= 0.6 is 0 Å². The molecule has 0 aliphatic heterocycles. The smallest absolute Gasteiger partial charge is 0.213 e. The van der Waals surface area contributed by atoms with Crippen LogP contribution in [0.15, 0.2) is 12.1 Å². The molecule has 2 N–H and O–H groups in total. The molecule has 1 unspecified atom stereocenters. The minimum absolute atomic E-state index is 0.0818. The molecular weight excluding hydrogens is 322 g/mol. The lowest BCUT2D eigenvalue weighted by Crippen LogP contribution is -2.40. The van der Waals surface area contributed by atoms with Gasteiger partial charge in [-0.15, -0.1) is 0 Å². The van der Waals surface area contributed by atoms with Gasteiger partial charge >= 0.3 is 0 Å². The van der Waals surface area contributed by atoms with Crippen molar-refractivity contribution in [2.45, 2.75) is 18.4 Å². The Labute approximate surface area is 136 Å². The predicted octanol–water partition coefficient (Wildman–Crippen LogP) is 0.403. The molecule has 1 aromatic carbocycles. The summed E-state index contributed by atoms with van der Waals surface area (Å²) >= 11 is 0. The first-order valence-corrected chi connectivity index (χ1v) is 8.94. The third-order valence-electron chi connectivity index (χ3n) is 4.06. The first-order chi connectivity index (χ1) is 10.8. The average molecular weight is 345 g/mol. The average Bonchev–Trinajstić information content (AvgIpc) is 2.87. The minimum Gasteiger partial charge on any atom is -0.493 e. The fourth-order valence-electron chi connectivity index (χ4n) is 2.72. The highest BCUT2D eigenvalue weighted by Gasteiger charge is 2.38. The van der Waals surface area contributed by atoms with Crippen molar-refractivity contribution in [2.75, 3.05) is 40.2 Å². The van der Waals surface area contributed by atoms with Gasteiger partial charge in [-0.3, -0.25) is 0 Å². The van der Waals surface area contributed by atoms with Crippen LogP contribution in [0, 0.1) is 0 Å². The normalized spacial score (nSPS) is 20.3. The van der Waals surface area contributed by atoms with Gasteiger partial charge in [0.15, 0.2) is 11.5 Å². The van der Waals surface area contributed by atoms with Crippen LogP contribution in [-0.2, 0) is 26.8 Å². The van der Waals surface area contributed by atoms with Crippen LogP contribution in [0.25, 0.3) is 0 Å². The molecule has 0 radical (unpaired) electrons. The van der Waals surface area contributed by atoms with Crippen LogP contribution in [0.3, 0.4) is 0 Å². The summed E-state index contributed by atoms with van der Waals surface area (Å²) in [5.74, 6) is 0.961. The summed E-state index contributed by atoms with van der Waals surface area (Å²) in [5.41, 5.74) is 0.348. The molecule has 0 spiro atoms. The van der Waals surface area contributed by atoms with Crippen LogP contribution in [0.4, 0.5) is 0 Å². The second kappa shape index (κ2) is 7.04. The van der Waals surface area contributed by atoms with Gasteiger partial charge in [0.25, 0.3) is 0 Å². The molecule has 7 nitrogen and oxygen atoms in total. The number of ether oxygens (including phenoxy) is 3. The lowest BCUT2D eigenvalue weighted by Gasteiger charge is -2.25. The van der Waals surface area contributed by atoms with Crippen molar-refractivity contribution >= 4 is 10.0 Å². The second-order valence-electron chi connectivity index (χ2n) is 5.53. The van der Waals surface area contributed by atoms with E-state index in [-0.39, 0.29) is 18.9 Å². The molecule has 1 aliphatic carbocycles. The summed E-state index contributed by atoms with van der Waals surface area (Å²) in [4.78, 5) is 0. The largest absolute Gasteiger partial charge is 0.493 e. The van der Waals surface area contributed by atoms with Gasteiger partial charge in [0.05, 0.1) is 26.6 Å². The zero-order valence-corrected chi connectivity index (χ0v) is 14.4. The van der Waals surface area contributed by atoms with Crippen molar-refractivity contribution in [2.24, 2.45) is 0 Å². The maximum absolute atomic E-state index is 11.9. The highest BCUT2D eigenvalue weighted by Crippen LogP contribution is 2.42. The van der Waals surface area contributed by atoms with Crippen molar-refractivity contribution in [3.8, 4) is 11.5 Å². The van der Waals surface area contributed by atoms with Gasteiger partial charge in [-0.2, -0.15) is 0 Å². The van der Waals surface area contributed by atoms with Gasteiger partial charge in [0, 0.05) is 13.7 Å². The molecule has 130 valence electrons. The van der Waals surface area contributed by atoms with Gasteiger partial charge in [-0.25, -0.2) is 13.1 Å². The van der Waals surface area contributed by atoms with Crippen molar-refractivity contribution in [1.82, 2.24) is 4.72 Å². The van der Waals surface area contributed by atoms with E-state index < -0.39 is 15.6 Å². The van der Waals surface area contributed by atoms with E-state index in [1.165, 1.54) is 14.2 Å². The molecular formula is C15H23NO6S. The Morgan fingerprint density at radius 2 is 1.87 bits per heavy atom. The Hall–Kier alpha value is -1.35. The Bertz CT molecular complexity index is 660. The van der Waals surface area contributed by atoms with Crippen molar-refractivity contribution in [1.29, 1.82) is 0 Å². The molecule has 23 heavy (non-hydrogen) atoms. The third kappa shape index (κ3) is 3.95. The first-order valence-electron chi connectivity index (χ1n) is 7.29. The van der Waals surface area contributed by atoms with Crippen molar-refractivity contribution in [3.63, 3.8) is 0 Å². The number of nitrogens with one attached hydrogen (secondary N) is 1. The van der Waals surface area contributed by atoms with E-state index in [0.29, 0.717) is 29.9 Å². The fourth-order valence-corrected chi connectivity index (χ4v) is 3.70. The number of fused-ring (bicyclic) bond motifs is 1. The van der Waals surface area contributed by atoms with Crippen LogP contribution in [0.2, 0.25) is 0 Å². The number of aliphatic hydroxyl groups is 1. The molecule has 0 heterocycles. The predicted molar refractivity (Wildman–Crippen MR) is 85.4 cm³/mol. The number of methoxy groups -OCH3 is 3. The van der Waals surface area contributed by atoms with E-state index in [1.807, 2.05) is 6.07 Å². The Balaban J connectivity index is 2.20. The highest BCUT2D eigenvalue weighted by molar-refractivity contribution is 7.89. The van der Waals surface area contributed by atoms with Crippen molar-refractivity contribution in [3.05, 3.63) is 23.3 Å². The van der Waals surface area contributed by atoms with E-state index in [0.717, 1.165) is 5.56 Å². The molecule has 1 aliphatic rings. The Kier molecular flexibility index (Phi) is 5.51. The molecule has 0 saturated carbocycles. The molecule has 0 bridgehead atoms. The summed E-state index contributed by atoms with van der Waals surface area (Å²) in [6.45, 7) is 0.0247. The summed E-state index contributed by atoms with van der Waals surface area (Å²) in [7, 11) is 1.02. The number of benzene rings is 1. The van der Waals surface area contributed by atoms with Gasteiger partial charge in [0.2, 0.25) is 10.0 Å². The molecule has 0 saturated heterocycles. The number of aryl methyl sites for hydroxylation is 1. The van der Waals surface area contributed by atoms with Crippen LogP contribution < -0.4 is 14.2 Å². The molecule has 1 aromatic rings. The second-order valence-corrected chi connectivity index (χ2v) is 7.46. The van der Waals surface area contributed by atoms with Crippen LogP contribution in [-0.4, -0.2) is 53.8 Å². The zero-order chi connectivity index (χ0) is 17.1. The van der Waals surface area contributed by atoms with E-state index in [2.05, 4.69) is 4.72 Å². The minimum atomic E-state index is -3.49. The van der Waals surface area contributed by atoms with E-state index in [1.54, 1.807) is 13.2 Å². The molecule has 0 amide bonds. The van der Waals surface area contributed by atoms with E-state index >= 15 is 0 Å². The summed E-state index contributed by atoms with van der Waals surface area (Å²) in [6.07, 6.45) is 1.08. The highest BCUT2D eigenvalue weighted by atomic mass is 32.2. The maximum Gasteiger partial charge on any atom is 0.213 e. The monoisotopic (exact) mass is 345 g/mol. The van der Waals surface area contributed by atoms with Gasteiger partial charge in [-0.1, -0.05) is 0 Å².